The molecule has 0 spiro atoms. The Hall–Kier alpha value is -2.11. The Morgan fingerprint density at radius 2 is 2.17 bits per heavy atom. The van der Waals surface area contributed by atoms with Gasteiger partial charge in [0.2, 0.25) is 0 Å². The van der Waals surface area contributed by atoms with Crippen LogP contribution in [0.1, 0.15) is 36.0 Å². The first-order valence-electron chi connectivity index (χ1n) is 5.74. The third-order valence-corrected chi connectivity index (χ3v) is 3.25. The fraction of sp³-hybridized carbons (Fsp3) is 0.417. The van der Waals surface area contributed by atoms with Gasteiger partial charge in [-0.1, -0.05) is 0 Å². The number of carbonyl (C=O) groups excluding carboxylic acids is 1. The van der Waals surface area contributed by atoms with Crippen LogP contribution in [0.25, 0.3) is 0 Å². The molecule has 0 radical (unpaired) electrons. The number of aromatic amines is 1. The molecule has 0 aliphatic heterocycles. The molecule has 1 aromatic heterocycles. The molecular weight excluding hydrogens is 236 g/mol. The van der Waals surface area contributed by atoms with Gasteiger partial charge in [0.1, 0.15) is 5.56 Å². The minimum atomic E-state index is -0.947. The molecule has 6 heteroatoms. The van der Waals surface area contributed by atoms with Gasteiger partial charge in [-0.3, -0.25) is 14.4 Å². The first-order valence-corrected chi connectivity index (χ1v) is 5.74. The number of carboxylic acid groups (broad SMARTS) is 1. The topological polar surface area (TPSA) is 99.3 Å². The van der Waals surface area contributed by atoms with Crippen molar-refractivity contribution in [1.82, 2.24) is 10.3 Å². The third kappa shape index (κ3) is 2.42. The molecule has 0 saturated heterocycles. The first-order chi connectivity index (χ1) is 8.52. The highest BCUT2D eigenvalue weighted by Crippen LogP contribution is 2.35. The van der Waals surface area contributed by atoms with Crippen molar-refractivity contribution in [2.75, 3.05) is 0 Å². The summed E-state index contributed by atoms with van der Waals surface area (Å²) < 4.78 is 0. The van der Waals surface area contributed by atoms with Crippen LogP contribution >= 0.6 is 0 Å². The van der Waals surface area contributed by atoms with Crippen molar-refractivity contribution in [3.63, 3.8) is 0 Å². The van der Waals surface area contributed by atoms with Crippen molar-refractivity contribution in [2.45, 2.75) is 31.2 Å². The normalized spacial score (nSPS) is 16.7. The van der Waals surface area contributed by atoms with E-state index in [-0.39, 0.29) is 17.4 Å². The lowest BCUT2D eigenvalue weighted by Gasteiger charge is -2.41. The standard InChI is InChI=1S/C12H14N2O4/c15-9-2-5-13-7-8(9)11(18)14-12(3-1-4-12)6-10(16)17/h2,5,7H,1,3-4,6H2,(H,13,15)(H,14,18)(H,16,17). The zero-order valence-electron chi connectivity index (χ0n) is 9.73. The SMILES string of the molecule is O=C(O)CC1(NC(=O)c2c[nH]ccc2=O)CCC1. The highest BCUT2D eigenvalue weighted by Gasteiger charge is 2.40. The van der Waals surface area contributed by atoms with Gasteiger partial charge in [-0.25, -0.2) is 0 Å². The van der Waals surface area contributed by atoms with Gasteiger partial charge in [-0.05, 0) is 19.3 Å². The van der Waals surface area contributed by atoms with Gasteiger partial charge in [0.05, 0.1) is 12.0 Å². The quantitative estimate of drug-likeness (QED) is 0.724. The number of carbonyl (C=O) groups is 2. The highest BCUT2D eigenvalue weighted by molar-refractivity contribution is 5.94. The van der Waals surface area contributed by atoms with E-state index < -0.39 is 17.4 Å². The van der Waals surface area contributed by atoms with E-state index in [9.17, 15) is 14.4 Å². The molecule has 6 nitrogen and oxygen atoms in total. The first kappa shape index (κ1) is 12.3. The monoisotopic (exact) mass is 250 g/mol. The number of nitrogens with one attached hydrogen (secondary N) is 2. The van der Waals surface area contributed by atoms with E-state index in [1.165, 1.54) is 18.5 Å². The lowest BCUT2D eigenvalue weighted by Crippen LogP contribution is -2.55. The van der Waals surface area contributed by atoms with Gasteiger partial charge >= 0.3 is 5.97 Å². The average Bonchev–Trinajstić information content (AvgIpc) is 2.25. The van der Waals surface area contributed by atoms with Crippen LogP contribution in [-0.4, -0.2) is 27.5 Å². The minimum Gasteiger partial charge on any atom is -0.481 e. The number of hydrogen-bond acceptors (Lipinski definition) is 3. The summed E-state index contributed by atoms with van der Waals surface area (Å²) in [4.78, 5) is 36.9. The van der Waals surface area contributed by atoms with Crippen LogP contribution in [0.4, 0.5) is 0 Å². The Labute approximate surface area is 103 Å². The zero-order valence-corrected chi connectivity index (χ0v) is 9.73. The van der Waals surface area contributed by atoms with E-state index in [1.54, 1.807) is 0 Å². The van der Waals surface area contributed by atoms with Crippen LogP contribution in [0.3, 0.4) is 0 Å². The highest BCUT2D eigenvalue weighted by atomic mass is 16.4. The Morgan fingerprint density at radius 3 is 2.67 bits per heavy atom. The smallest absolute Gasteiger partial charge is 0.305 e. The number of pyridine rings is 1. The summed E-state index contributed by atoms with van der Waals surface area (Å²) in [6.07, 6.45) is 4.81. The molecule has 0 aromatic carbocycles. The molecular formula is C12H14N2O4. The summed E-state index contributed by atoms with van der Waals surface area (Å²) in [6, 6.07) is 1.26. The molecule has 0 unspecified atom stereocenters. The number of carboxylic acids is 1. The number of aliphatic carboxylic acids is 1. The Bertz CT molecular complexity index is 531. The van der Waals surface area contributed by atoms with Gasteiger partial charge in [0, 0.05) is 18.5 Å². The summed E-state index contributed by atoms with van der Waals surface area (Å²) in [7, 11) is 0. The summed E-state index contributed by atoms with van der Waals surface area (Å²) in [5.41, 5.74) is -1.06. The van der Waals surface area contributed by atoms with E-state index >= 15 is 0 Å². The number of aromatic nitrogens is 1. The second kappa shape index (κ2) is 4.64. The van der Waals surface area contributed by atoms with Crippen molar-refractivity contribution < 1.29 is 14.7 Å². The fourth-order valence-electron chi connectivity index (χ4n) is 2.14. The maximum atomic E-state index is 11.9. The number of amides is 1. The Kier molecular flexibility index (Phi) is 3.18. The van der Waals surface area contributed by atoms with Crippen molar-refractivity contribution >= 4 is 11.9 Å². The molecule has 1 heterocycles. The number of rotatable bonds is 4. The lowest BCUT2D eigenvalue weighted by molar-refractivity contribution is -0.139. The zero-order chi connectivity index (χ0) is 13.2. The molecule has 1 aromatic rings. The predicted molar refractivity (Wildman–Crippen MR) is 63.4 cm³/mol. The van der Waals surface area contributed by atoms with Crippen LogP contribution in [-0.2, 0) is 4.79 Å². The largest absolute Gasteiger partial charge is 0.481 e. The van der Waals surface area contributed by atoms with E-state index in [0.717, 1.165) is 6.42 Å². The Balaban J connectivity index is 2.14. The predicted octanol–water partition coefficient (Wildman–Crippen LogP) is 0.502. The van der Waals surface area contributed by atoms with E-state index in [4.69, 9.17) is 5.11 Å². The van der Waals surface area contributed by atoms with Crippen LogP contribution in [0, 0.1) is 0 Å². The molecule has 1 aliphatic carbocycles. The minimum absolute atomic E-state index is 0.00848. The maximum Gasteiger partial charge on any atom is 0.305 e. The number of hydrogen-bond donors (Lipinski definition) is 3. The van der Waals surface area contributed by atoms with Gasteiger partial charge in [-0.15, -0.1) is 0 Å². The molecule has 2 rings (SSSR count). The molecule has 96 valence electrons. The fourth-order valence-corrected chi connectivity index (χ4v) is 2.14. The third-order valence-electron chi connectivity index (χ3n) is 3.25. The van der Waals surface area contributed by atoms with Crippen molar-refractivity contribution in [3.05, 3.63) is 34.2 Å². The average molecular weight is 250 g/mol. The van der Waals surface area contributed by atoms with Gasteiger partial charge < -0.3 is 15.4 Å². The molecule has 18 heavy (non-hydrogen) atoms. The molecule has 1 aliphatic rings. The molecule has 3 N–H and O–H groups in total. The Morgan fingerprint density at radius 1 is 1.44 bits per heavy atom. The molecule has 1 saturated carbocycles. The van der Waals surface area contributed by atoms with Crippen molar-refractivity contribution in [1.29, 1.82) is 0 Å². The van der Waals surface area contributed by atoms with E-state index in [1.807, 2.05) is 0 Å². The summed E-state index contributed by atoms with van der Waals surface area (Å²) in [5, 5.41) is 11.5. The molecule has 1 amide bonds. The van der Waals surface area contributed by atoms with Crippen molar-refractivity contribution in [2.24, 2.45) is 0 Å². The maximum absolute atomic E-state index is 11.9. The molecule has 0 bridgehead atoms. The summed E-state index contributed by atoms with van der Waals surface area (Å²) in [6.45, 7) is 0. The molecule has 0 atom stereocenters. The molecule has 1 fully saturated rings. The summed E-state index contributed by atoms with van der Waals surface area (Å²) in [5.74, 6) is -1.46. The second-order valence-corrected chi connectivity index (χ2v) is 4.58. The van der Waals surface area contributed by atoms with Crippen LogP contribution in [0.2, 0.25) is 0 Å². The van der Waals surface area contributed by atoms with Crippen LogP contribution in [0.15, 0.2) is 23.3 Å². The second-order valence-electron chi connectivity index (χ2n) is 4.58. The van der Waals surface area contributed by atoms with Gasteiger partial charge in [0.25, 0.3) is 5.91 Å². The van der Waals surface area contributed by atoms with E-state index in [0.29, 0.717) is 12.8 Å². The number of H-pyrrole nitrogens is 1. The van der Waals surface area contributed by atoms with Crippen molar-refractivity contribution in [3.8, 4) is 0 Å². The lowest BCUT2D eigenvalue weighted by atomic mass is 9.74. The van der Waals surface area contributed by atoms with E-state index in [2.05, 4.69) is 10.3 Å². The van der Waals surface area contributed by atoms with Crippen LogP contribution < -0.4 is 10.7 Å². The van der Waals surface area contributed by atoms with Crippen LogP contribution in [0.5, 0.6) is 0 Å². The van der Waals surface area contributed by atoms with Gasteiger partial charge in [0.15, 0.2) is 5.43 Å². The van der Waals surface area contributed by atoms with Gasteiger partial charge in [-0.2, -0.15) is 0 Å². The summed E-state index contributed by atoms with van der Waals surface area (Å²) >= 11 is 0.